The molecule has 0 atom stereocenters. The maximum atomic E-state index is 9.99. The van der Waals surface area contributed by atoms with Crippen LogP contribution >= 0.6 is 0 Å². The fourth-order valence-electron chi connectivity index (χ4n) is 3.61. The number of aromatic hydroxyl groups is 1. The highest BCUT2D eigenvalue weighted by Gasteiger charge is 2.18. The molecule has 5 rings (SSSR count). The summed E-state index contributed by atoms with van der Waals surface area (Å²) in [5.74, 6) is 2.74. The lowest BCUT2D eigenvalue weighted by molar-refractivity contribution is 0.171. The van der Waals surface area contributed by atoms with Gasteiger partial charge in [-0.3, -0.25) is 4.40 Å². The van der Waals surface area contributed by atoms with E-state index in [4.69, 9.17) is 19.2 Å². The van der Waals surface area contributed by atoms with Crippen molar-refractivity contribution in [3.05, 3.63) is 60.3 Å². The van der Waals surface area contributed by atoms with Gasteiger partial charge in [-0.25, -0.2) is 4.98 Å². The summed E-state index contributed by atoms with van der Waals surface area (Å²) in [5.41, 5.74) is 4.33. The third kappa shape index (κ3) is 3.04. The van der Waals surface area contributed by atoms with E-state index in [1.807, 2.05) is 53.9 Å². The molecule has 0 aliphatic carbocycles. The highest BCUT2D eigenvalue weighted by molar-refractivity contribution is 5.81. The number of pyridine rings is 1. The number of benzene rings is 2. The van der Waals surface area contributed by atoms with Gasteiger partial charge in [-0.2, -0.15) is 0 Å². The zero-order valence-corrected chi connectivity index (χ0v) is 16.7. The Morgan fingerprint density at radius 2 is 1.90 bits per heavy atom. The van der Waals surface area contributed by atoms with Gasteiger partial charge < -0.3 is 24.6 Å². The molecule has 0 bridgehead atoms. The minimum Gasteiger partial charge on any atom is -0.504 e. The van der Waals surface area contributed by atoms with Crippen molar-refractivity contribution in [2.75, 3.05) is 25.6 Å². The van der Waals surface area contributed by atoms with Gasteiger partial charge in [0.25, 0.3) is 0 Å². The van der Waals surface area contributed by atoms with Gasteiger partial charge in [0, 0.05) is 23.5 Å². The number of hydrogen-bond donors (Lipinski definition) is 2. The molecule has 0 saturated heterocycles. The second kappa shape index (κ2) is 7.18. The number of methoxy groups -OCH3 is 1. The van der Waals surface area contributed by atoms with Crippen LogP contribution in [0.2, 0.25) is 0 Å². The van der Waals surface area contributed by atoms with Gasteiger partial charge in [-0.1, -0.05) is 6.07 Å². The minimum atomic E-state index is 0.0857. The Morgan fingerprint density at radius 1 is 1.07 bits per heavy atom. The quantitative estimate of drug-likeness (QED) is 0.521. The summed E-state index contributed by atoms with van der Waals surface area (Å²) in [6.45, 7) is 3.11. The van der Waals surface area contributed by atoms with Gasteiger partial charge in [0.05, 0.1) is 7.11 Å². The zero-order valence-electron chi connectivity index (χ0n) is 16.7. The van der Waals surface area contributed by atoms with Crippen LogP contribution in [0, 0.1) is 6.92 Å². The summed E-state index contributed by atoms with van der Waals surface area (Å²) in [4.78, 5) is 4.88. The summed E-state index contributed by atoms with van der Waals surface area (Å²) in [5, 5.41) is 13.5. The summed E-state index contributed by atoms with van der Waals surface area (Å²) in [6.07, 6.45) is 1.97. The van der Waals surface area contributed by atoms with E-state index in [1.54, 1.807) is 12.1 Å². The maximum Gasteiger partial charge on any atom is 0.163 e. The van der Waals surface area contributed by atoms with Crippen LogP contribution in [0.5, 0.6) is 23.0 Å². The third-order valence-electron chi connectivity index (χ3n) is 5.10. The van der Waals surface area contributed by atoms with E-state index in [-0.39, 0.29) is 5.75 Å². The van der Waals surface area contributed by atoms with Crippen molar-refractivity contribution in [1.29, 1.82) is 0 Å². The predicted octanol–water partition coefficient (Wildman–Crippen LogP) is 4.54. The molecule has 30 heavy (non-hydrogen) atoms. The van der Waals surface area contributed by atoms with E-state index in [0.29, 0.717) is 24.7 Å². The molecule has 0 saturated carbocycles. The third-order valence-corrected chi connectivity index (χ3v) is 5.10. The molecule has 3 heterocycles. The number of phenolic OH excluding ortho intramolecular Hbond substituents is 1. The molecular formula is C23H21N3O4. The van der Waals surface area contributed by atoms with Crippen molar-refractivity contribution in [2.24, 2.45) is 0 Å². The molecule has 2 N–H and O–H groups in total. The monoisotopic (exact) mass is 403 g/mol. The number of aryl methyl sites for hydroxylation is 1. The van der Waals surface area contributed by atoms with Crippen LogP contribution in [0.15, 0.2) is 54.7 Å². The molecule has 0 unspecified atom stereocenters. The van der Waals surface area contributed by atoms with Crippen LogP contribution in [0.4, 0.5) is 11.5 Å². The number of phenols is 1. The van der Waals surface area contributed by atoms with Crippen LogP contribution in [0.1, 0.15) is 5.56 Å². The Kier molecular flexibility index (Phi) is 4.35. The van der Waals surface area contributed by atoms with Gasteiger partial charge in [-0.15, -0.1) is 0 Å². The molecule has 0 radical (unpaired) electrons. The SMILES string of the molecule is COc1cc(-c2nc3c(C)cccn3c2Nc2ccc3c(c2)OCCO3)ccc1O. The fourth-order valence-corrected chi connectivity index (χ4v) is 3.61. The van der Waals surface area contributed by atoms with Crippen molar-refractivity contribution in [1.82, 2.24) is 9.38 Å². The normalized spacial score (nSPS) is 12.7. The number of imidazole rings is 1. The Morgan fingerprint density at radius 3 is 2.73 bits per heavy atom. The molecule has 0 spiro atoms. The number of rotatable bonds is 4. The van der Waals surface area contributed by atoms with Crippen molar-refractivity contribution < 1.29 is 19.3 Å². The number of nitrogens with zero attached hydrogens (tertiary/aromatic N) is 2. The highest BCUT2D eigenvalue weighted by Crippen LogP contribution is 2.38. The van der Waals surface area contributed by atoms with E-state index in [1.165, 1.54) is 7.11 Å². The average Bonchev–Trinajstić information content (AvgIpc) is 3.14. The summed E-state index contributed by atoms with van der Waals surface area (Å²) >= 11 is 0. The number of nitrogens with one attached hydrogen (secondary N) is 1. The van der Waals surface area contributed by atoms with Crippen LogP contribution < -0.4 is 19.5 Å². The lowest BCUT2D eigenvalue weighted by Gasteiger charge is -2.19. The van der Waals surface area contributed by atoms with Crippen molar-refractivity contribution in [3.8, 4) is 34.3 Å². The smallest absolute Gasteiger partial charge is 0.163 e. The van der Waals surface area contributed by atoms with E-state index in [0.717, 1.165) is 39.7 Å². The summed E-state index contributed by atoms with van der Waals surface area (Å²) in [7, 11) is 1.53. The average molecular weight is 403 g/mol. The molecule has 1 aliphatic heterocycles. The molecule has 7 nitrogen and oxygen atoms in total. The van der Waals surface area contributed by atoms with E-state index >= 15 is 0 Å². The Labute approximate surface area is 173 Å². The maximum absolute atomic E-state index is 9.99. The molecule has 7 heteroatoms. The first-order valence-electron chi connectivity index (χ1n) is 9.66. The molecule has 4 aromatic rings. The molecule has 0 amide bonds. The number of hydrogen-bond acceptors (Lipinski definition) is 6. The molecule has 2 aromatic heterocycles. The topological polar surface area (TPSA) is 77.3 Å². The van der Waals surface area contributed by atoms with Gasteiger partial charge in [0.1, 0.15) is 30.4 Å². The number of fused-ring (bicyclic) bond motifs is 2. The Hall–Kier alpha value is -3.87. The molecule has 152 valence electrons. The Bertz CT molecular complexity index is 1250. The van der Waals surface area contributed by atoms with E-state index in [2.05, 4.69) is 5.32 Å². The number of anilines is 2. The van der Waals surface area contributed by atoms with Gasteiger partial charge in [-0.05, 0) is 48.9 Å². The molecule has 1 aliphatic rings. The lowest BCUT2D eigenvalue weighted by atomic mass is 10.1. The Balaban J connectivity index is 1.65. The summed E-state index contributed by atoms with van der Waals surface area (Å²) in [6, 6.07) is 15.0. The zero-order chi connectivity index (χ0) is 20.7. The predicted molar refractivity (Wildman–Crippen MR) is 114 cm³/mol. The van der Waals surface area contributed by atoms with Crippen molar-refractivity contribution in [3.63, 3.8) is 0 Å². The second-order valence-corrected chi connectivity index (χ2v) is 7.06. The first-order chi connectivity index (χ1) is 14.6. The first kappa shape index (κ1) is 18.2. The minimum absolute atomic E-state index is 0.0857. The van der Waals surface area contributed by atoms with Gasteiger partial charge in [0.15, 0.2) is 23.0 Å². The van der Waals surface area contributed by atoms with Crippen molar-refractivity contribution >= 4 is 17.2 Å². The standard InChI is InChI=1S/C23H21N3O4/c1-14-4-3-9-26-22(14)25-21(15-5-7-17(27)19(12-15)28-2)23(26)24-16-6-8-18-20(13-16)30-11-10-29-18/h3-9,12-13,24,27H,10-11H2,1-2H3. The molecular weight excluding hydrogens is 382 g/mol. The largest absolute Gasteiger partial charge is 0.504 e. The van der Waals surface area contributed by atoms with Crippen molar-refractivity contribution in [2.45, 2.75) is 6.92 Å². The van der Waals surface area contributed by atoms with E-state index < -0.39 is 0 Å². The van der Waals surface area contributed by atoms with Crippen LogP contribution in [0.25, 0.3) is 16.9 Å². The second-order valence-electron chi connectivity index (χ2n) is 7.06. The summed E-state index contributed by atoms with van der Waals surface area (Å²) < 4.78 is 18.6. The van der Waals surface area contributed by atoms with Crippen LogP contribution in [0.3, 0.4) is 0 Å². The number of aromatic nitrogens is 2. The molecule has 2 aromatic carbocycles. The first-order valence-corrected chi connectivity index (χ1v) is 9.66. The number of ether oxygens (including phenoxy) is 3. The lowest BCUT2D eigenvalue weighted by Crippen LogP contribution is -2.15. The fraction of sp³-hybridized carbons (Fsp3) is 0.174. The van der Waals surface area contributed by atoms with Crippen LogP contribution in [-0.2, 0) is 0 Å². The van der Waals surface area contributed by atoms with Gasteiger partial charge >= 0.3 is 0 Å². The highest BCUT2D eigenvalue weighted by atomic mass is 16.6. The van der Waals surface area contributed by atoms with E-state index in [9.17, 15) is 5.11 Å². The van der Waals surface area contributed by atoms with Gasteiger partial charge in [0.2, 0.25) is 0 Å². The molecule has 0 fully saturated rings. The van der Waals surface area contributed by atoms with Crippen LogP contribution in [-0.4, -0.2) is 34.8 Å².